The van der Waals surface area contributed by atoms with E-state index in [1.54, 1.807) is 12.0 Å². The fraction of sp³-hybridized carbons (Fsp3) is 0.526. The van der Waals surface area contributed by atoms with Gasteiger partial charge in [0.2, 0.25) is 0 Å². The number of aromatic nitrogens is 1. The number of ether oxygens (including phenoxy) is 2. The first-order valence-corrected chi connectivity index (χ1v) is 9.55. The van der Waals surface area contributed by atoms with Crippen LogP contribution in [0.5, 0.6) is 5.75 Å². The summed E-state index contributed by atoms with van der Waals surface area (Å²) in [5.74, 6) is 0.718. The Kier molecular flexibility index (Phi) is 5.18. The van der Waals surface area contributed by atoms with E-state index in [-0.39, 0.29) is 17.8 Å². The molecule has 0 aliphatic carbocycles. The fourth-order valence-corrected chi connectivity index (χ4v) is 3.98. The Hall–Kier alpha value is -2.15. The smallest absolute Gasteiger partial charge is 0.410 e. The number of carbonyl (C=O) groups excluding carboxylic acids is 2. The van der Waals surface area contributed by atoms with Crippen molar-refractivity contribution in [2.45, 2.75) is 39.2 Å². The highest BCUT2D eigenvalue weighted by Gasteiger charge is 2.31. The van der Waals surface area contributed by atoms with Crippen molar-refractivity contribution < 1.29 is 19.1 Å². The van der Waals surface area contributed by atoms with Crippen molar-refractivity contribution in [3.05, 3.63) is 23.2 Å². The van der Waals surface area contributed by atoms with Crippen LogP contribution in [0.15, 0.2) is 18.2 Å². The number of hydrogen-bond donors (Lipinski definition) is 0. The third kappa shape index (κ3) is 4.15. The number of carbonyl (C=O) groups is 2. The number of nitrogens with zero attached hydrogens (tertiary/aromatic N) is 2. The van der Waals surface area contributed by atoms with Crippen LogP contribution in [0.1, 0.15) is 43.4 Å². The molecule has 1 saturated heterocycles. The molecule has 1 fully saturated rings. The third-order valence-electron chi connectivity index (χ3n) is 4.32. The van der Waals surface area contributed by atoms with E-state index < -0.39 is 5.60 Å². The molecule has 0 unspecified atom stereocenters. The Morgan fingerprint density at radius 3 is 2.54 bits per heavy atom. The Morgan fingerprint density at radius 1 is 1.23 bits per heavy atom. The molecule has 0 N–H and O–H groups in total. The van der Waals surface area contributed by atoms with Gasteiger partial charge in [-0.3, -0.25) is 4.79 Å². The Labute approximate surface area is 157 Å². The second kappa shape index (κ2) is 7.23. The summed E-state index contributed by atoms with van der Waals surface area (Å²) < 4.78 is 11.6. The standard InChI is InChI=1S/C19H24N2O4S/c1-19(2,3)25-18(23)21-9-7-12(8-10-21)16(22)17-20-14-6-5-13(24-4)11-15(14)26-17/h5-6,11-12H,7-10H2,1-4H3. The Bertz CT molecular complexity index is 817. The molecule has 1 aliphatic heterocycles. The molecule has 2 aromatic rings. The average molecular weight is 376 g/mol. The number of piperidine rings is 1. The lowest BCUT2D eigenvalue weighted by atomic mass is 9.93. The first-order chi connectivity index (χ1) is 12.3. The number of fused-ring (bicyclic) bond motifs is 1. The van der Waals surface area contributed by atoms with E-state index in [0.29, 0.717) is 30.9 Å². The van der Waals surface area contributed by atoms with Gasteiger partial charge in [-0.2, -0.15) is 0 Å². The van der Waals surface area contributed by atoms with Gasteiger partial charge in [0.1, 0.15) is 11.4 Å². The van der Waals surface area contributed by atoms with Gasteiger partial charge in [-0.1, -0.05) is 0 Å². The van der Waals surface area contributed by atoms with E-state index in [1.807, 2.05) is 39.0 Å². The summed E-state index contributed by atoms with van der Waals surface area (Å²) in [7, 11) is 1.62. The molecule has 140 valence electrons. The molecule has 1 aromatic carbocycles. The first kappa shape index (κ1) is 18.6. The van der Waals surface area contributed by atoms with Crippen LogP contribution >= 0.6 is 11.3 Å². The second-order valence-electron chi connectivity index (χ2n) is 7.46. The van der Waals surface area contributed by atoms with Crippen molar-refractivity contribution in [2.75, 3.05) is 20.2 Å². The van der Waals surface area contributed by atoms with Crippen LogP contribution in [0.4, 0.5) is 4.79 Å². The van der Waals surface area contributed by atoms with Gasteiger partial charge in [0.25, 0.3) is 0 Å². The molecule has 7 heteroatoms. The predicted octanol–water partition coefficient (Wildman–Crippen LogP) is 4.13. The quantitative estimate of drug-likeness (QED) is 0.753. The fourth-order valence-electron chi connectivity index (χ4n) is 2.96. The largest absolute Gasteiger partial charge is 0.497 e. The van der Waals surface area contributed by atoms with Crippen molar-refractivity contribution in [1.29, 1.82) is 0 Å². The highest BCUT2D eigenvalue weighted by Crippen LogP contribution is 2.30. The van der Waals surface area contributed by atoms with Crippen molar-refractivity contribution >= 4 is 33.4 Å². The lowest BCUT2D eigenvalue weighted by Gasteiger charge is -2.32. The van der Waals surface area contributed by atoms with Crippen LogP contribution in [0.2, 0.25) is 0 Å². The minimum atomic E-state index is -0.508. The van der Waals surface area contributed by atoms with Crippen LogP contribution in [0.25, 0.3) is 10.2 Å². The molecule has 0 spiro atoms. The maximum absolute atomic E-state index is 12.8. The van der Waals surface area contributed by atoms with Gasteiger partial charge in [0.05, 0.1) is 17.3 Å². The zero-order valence-electron chi connectivity index (χ0n) is 15.6. The molecule has 26 heavy (non-hydrogen) atoms. The summed E-state index contributed by atoms with van der Waals surface area (Å²) in [4.78, 5) is 31.1. The molecule has 0 bridgehead atoms. The predicted molar refractivity (Wildman–Crippen MR) is 101 cm³/mol. The monoisotopic (exact) mass is 376 g/mol. The third-order valence-corrected chi connectivity index (χ3v) is 5.36. The molecular formula is C19H24N2O4S. The second-order valence-corrected chi connectivity index (χ2v) is 8.49. The van der Waals surface area contributed by atoms with Crippen LogP contribution in [0.3, 0.4) is 0 Å². The van der Waals surface area contributed by atoms with Crippen LogP contribution in [-0.4, -0.2) is 47.6 Å². The number of rotatable bonds is 3. The number of methoxy groups -OCH3 is 1. The number of thiazole rings is 1. The topological polar surface area (TPSA) is 68.7 Å². The lowest BCUT2D eigenvalue weighted by molar-refractivity contribution is 0.0182. The van der Waals surface area contributed by atoms with Gasteiger partial charge in [-0.05, 0) is 51.8 Å². The summed E-state index contributed by atoms with van der Waals surface area (Å²) in [6.07, 6.45) is 0.963. The summed E-state index contributed by atoms with van der Waals surface area (Å²) in [5, 5.41) is 0.531. The lowest BCUT2D eigenvalue weighted by Crippen LogP contribution is -2.43. The summed E-state index contributed by atoms with van der Waals surface area (Å²) in [6, 6.07) is 5.61. The van der Waals surface area contributed by atoms with E-state index in [2.05, 4.69) is 4.98 Å². The molecule has 1 amide bonds. The SMILES string of the molecule is COc1ccc2nc(C(=O)C3CCN(C(=O)OC(C)(C)C)CC3)sc2c1. The number of ketones is 1. The van der Waals surface area contributed by atoms with Gasteiger partial charge >= 0.3 is 6.09 Å². The molecule has 3 rings (SSSR count). The van der Waals surface area contributed by atoms with Crippen molar-refractivity contribution in [3.8, 4) is 5.75 Å². The highest BCUT2D eigenvalue weighted by atomic mass is 32.1. The molecule has 6 nitrogen and oxygen atoms in total. The number of likely N-dealkylation sites (tertiary alicyclic amines) is 1. The summed E-state index contributed by atoms with van der Waals surface area (Å²) >= 11 is 1.40. The van der Waals surface area contributed by atoms with Crippen LogP contribution < -0.4 is 4.74 Å². The summed E-state index contributed by atoms with van der Waals surface area (Å²) in [6.45, 7) is 6.62. The minimum Gasteiger partial charge on any atom is -0.497 e. The number of Topliss-reactive ketones (excluding diaryl/α,β-unsaturated/α-hetero) is 1. The molecule has 0 saturated carbocycles. The van der Waals surface area contributed by atoms with Crippen molar-refractivity contribution in [2.24, 2.45) is 5.92 Å². The normalized spacial score (nSPS) is 15.9. The van der Waals surface area contributed by atoms with Crippen LogP contribution in [0, 0.1) is 5.92 Å². The first-order valence-electron chi connectivity index (χ1n) is 8.73. The molecule has 1 aliphatic rings. The van der Waals surface area contributed by atoms with E-state index in [0.717, 1.165) is 16.0 Å². The maximum atomic E-state index is 12.8. The van der Waals surface area contributed by atoms with Gasteiger partial charge < -0.3 is 14.4 Å². The van der Waals surface area contributed by atoms with Crippen molar-refractivity contribution in [1.82, 2.24) is 9.88 Å². The molecule has 1 aromatic heterocycles. The van der Waals surface area contributed by atoms with E-state index in [4.69, 9.17) is 9.47 Å². The van der Waals surface area contributed by atoms with Crippen molar-refractivity contribution in [3.63, 3.8) is 0 Å². The molecule has 0 atom stereocenters. The molecule has 2 heterocycles. The van der Waals surface area contributed by atoms with Gasteiger partial charge in [0, 0.05) is 19.0 Å². The average Bonchev–Trinajstić information content (AvgIpc) is 3.02. The van der Waals surface area contributed by atoms with E-state index in [9.17, 15) is 9.59 Å². The Balaban J connectivity index is 1.64. The molecule has 0 radical (unpaired) electrons. The molecular weight excluding hydrogens is 352 g/mol. The zero-order valence-corrected chi connectivity index (χ0v) is 16.4. The number of amides is 1. The van der Waals surface area contributed by atoms with E-state index >= 15 is 0 Å². The Morgan fingerprint density at radius 2 is 1.92 bits per heavy atom. The maximum Gasteiger partial charge on any atom is 0.410 e. The number of benzene rings is 1. The number of hydrogen-bond acceptors (Lipinski definition) is 6. The minimum absolute atomic E-state index is 0.0639. The highest BCUT2D eigenvalue weighted by molar-refractivity contribution is 7.20. The zero-order chi connectivity index (χ0) is 18.9. The van der Waals surface area contributed by atoms with Crippen LogP contribution in [-0.2, 0) is 4.74 Å². The van der Waals surface area contributed by atoms with Gasteiger partial charge in [-0.15, -0.1) is 11.3 Å². The van der Waals surface area contributed by atoms with Gasteiger partial charge in [0.15, 0.2) is 10.8 Å². The van der Waals surface area contributed by atoms with E-state index in [1.165, 1.54) is 11.3 Å². The van der Waals surface area contributed by atoms with Gasteiger partial charge in [-0.25, -0.2) is 9.78 Å². The summed E-state index contributed by atoms with van der Waals surface area (Å²) in [5.41, 5.74) is 0.302.